The number of anilines is 2. The predicted octanol–water partition coefficient (Wildman–Crippen LogP) is 2.84. The summed E-state index contributed by atoms with van der Waals surface area (Å²) in [7, 11) is -4.40. The maximum atomic E-state index is 16.5. The van der Waals surface area contributed by atoms with Crippen molar-refractivity contribution >= 4 is 42.5 Å². The van der Waals surface area contributed by atoms with Crippen molar-refractivity contribution in [1.82, 2.24) is 29.7 Å². The number of esters is 2. The Morgan fingerprint density at radius 2 is 1.71 bits per heavy atom. The number of halogens is 1. The van der Waals surface area contributed by atoms with Gasteiger partial charge in [0.25, 0.3) is 0 Å². The zero-order chi connectivity index (χ0) is 36.1. The third-order valence-corrected chi connectivity index (χ3v) is 9.72. The standard InChI is InChI=1S/C31H48FN8O8P/c1-8-31(32)24(41)22(48-29(31)40-16-34-23-25(35-19-11-12-19)36-30(33)37-26(23)40)15-47-49(44,38-20(13-17(4)5)27(42)45-9-2)39-21(14-18(6)7)28(43)46-10-3/h1,16-22,24,29,41H,9-15H2,2-7H3,(H2,38,39,44)(H3,33,35,36,37)/t20-,21?,22-,24-,29-,31-,49?/m1/s1. The molecular weight excluding hydrogens is 662 g/mol. The lowest BCUT2D eigenvalue weighted by Crippen LogP contribution is -2.46. The van der Waals surface area contributed by atoms with Gasteiger partial charge in [0.15, 0.2) is 23.2 Å². The summed E-state index contributed by atoms with van der Waals surface area (Å²) in [5.74, 6) is 0.800. The number of terminal acetylenes is 1. The highest BCUT2D eigenvalue weighted by atomic mass is 31.2. The number of hydrogen-bond acceptors (Lipinski definition) is 13. The van der Waals surface area contributed by atoms with Crippen LogP contribution >= 0.6 is 7.67 Å². The Morgan fingerprint density at radius 1 is 1.14 bits per heavy atom. The van der Waals surface area contributed by atoms with E-state index in [2.05, 4.69) is 30.4 Å². The number of nitrogens with two attached hydrogens (primary N) is 1. The van der Waals surface area contributed by atoms with Crippen LogP contribution in [0.2, 0.25) is 0 Å². The van der Waals surface area contributed by atoms with Crippen LogP contribution in [0.4, 0.5) is 16.2 Å². The van der Waals surface area contributed by atoms with E-state index in [1.165, 1.54) is 10.9 Å². The van der Waals surface area contributed by atoms with E-state index in [4.69, 9.17) is 30.9 Å². The van der Waals surface area contributed by atoms with Crippen LogP contribution < -0.4 is 21.2 Å². The molecule has 1 aliphatic heterocycles. The number of carbonyl (C=O) groups excluding carboxylic acids is 2. The molecule has 6 N–H and O–H groups in total. The van der Waals surface area contributed by atoms with Gasteiger partial charge >= 0.3 is 19.6 Å². The van der Waals surface area contributed by atoms with Gasteiger partial charge in [-0.15, -0.1) is 6.42 Å². The van der Waals surface area contributed by atoms with Crippen LogP contribution in [0, 0.1) is 24.2 Å². The molecule has 16 nitrogen and oxygen atoms in total. The second-order valence-corrected chi connectivity index (χ2v) is 14.9. The van der Waals surface area contributed by atoms with E-state index in [0.717, 1.165) is 12.8 Å². The second-order valence-electron chi connectivity index (χ2n) is 13.0. The highest BCUT2D eigenvalue weighted by Gasteiger charge is 2.58. The van der Waals surface area contributed by atoms with Crippen molar-refractivity contribution in [3.8, 4) is 12.3 Å². The topological polar surface area (TPSA) is 214 Å². The van der Waals surface area contributed by atoms with Gasteiger partial charge in [0.1, 0.15) is 24.3 Å². The number of ether oxygens (including phenoxy) is 3. The van der Waals surface area contributed by atoms with E-state index in [9.17, 15) is 19.3 Å². The van der Waals surface area contributed by atoms with Crippen molar-refractivity contribution < 1.29 is 42.4 Å². The molecule has 0 amide bonds. The van der Waals surface area contributed by atoms with Crippen LogP contribution in [0.25, 0.3) is 11.2 Å². The zero-order valence-electron chi connectivity index (χ0n) is 28.7. The van der Waals surface area contributed by atoms with Crippen LogP contribution in [0.5, 0.6) is 0 Å². The predicted molar refractivity (Wildman–Crippen MR) is 179 cm³/mol. The van der Waals surface area contributed by atoms with Crippen LogP contribution in [0.3, 0.4) is 0 Å². The Balaban J connectivity index is 1.65. The van der Waals surface area contributed by atoms with Crippen molar-refractivity contribution in [1.29, 1.82) is 0 Å². The molecule has 1 aliphatic carbocycles. The molecule has 2 aliphatic rings. The van der Waals surface area contributed by atoms with Gasteiger partial charge in [-0.3, -0.25) is 18.7 Å². The van der Waals surface area contributed by atoms with Gasteiger partial charge in [0, 0.05) is 6.04 Å². The van der Waals surface area contributed by atoms with Gasteiger partial charge < -0.3 is 34.9 Å². The summed E-state index contributed by atoms with van der Waals surface area (Å²) in [4.78, 5) is 38.7. The molecule has 49 heavy (non-hydrogen) atoms. The van der Waals surface area contributed by atoms with E-state index < -0.39 is 62.4 Å². The van der Waals surface area contributed by atoms with Crippen molar-refractivity contribution in [3.05, 3.63) is 6.33 Å². The fraction of sp³-hybridized carbons (Fsp3) is 0.710. The number of imidazole rings is 1. The summed E-state index contributed by atoms with van der Waals surface area (Å²) >= 11 is 0. The Labute approximate surface area is 285 Å². The van der Waals surface area contributed by atoms with E-state index in [1.54, 1.807) is 13.8 Å². The monoisotopic (exact) mass is 710 g/mol. The molecule has 0 radical (unpaired) electrons. The number of rotatable bonds is 18. The van der Waals surface area contributed by atoms with Crippen LogP contribution in [0.15, 0.2) is 6.33 Å². The number of nitrogens with one attached hydrogen (secondary N) is 3. The number of aliphatic hydroxyl groups is 1. The van der Waals surface area contributed by atoms with Crippen LogP contribution in [-0.4, -0.2) is 92.4 Å². The average molecular weight is 711 g/mol. The van der Waals surface area contributed by atoms with E-state index in [1.807, 2.05) is 33.6 Å². The third-order valence-electron chi connectivity index (χ3n) is 7.91. The molecule has 0 spiro atoms. The lowest BCUT2D eigenvalue weighted by atomic mass is 9.97. The molecule has 0 aromatic carbocycles. The van der Waals surface area contributed by atoms with E-state index >= 15 is 4.39 Å². The molecule has 2 aromatic heterocycles. The number of nitrogens with zero attached hydrogens (tertiary/aromatic N) is 4. The summed E-state index contributed by atoms with van der Waals surface area (Å²) in [6.07, 6.45) is 4.06. The maximum absolute atomic E-state index is 16.5. The smallest absolute Gasteiger partial charge is 0.342 e. The summed E-state index contributed by atoms with van der Waals surface area (Å²) in [5.41, 5.74) is 3.53. The first-order valence-electron chi connectivity index (χ1n) is 16.5. The van der Waals surface area contributed by atoms with E-state index in [-0.39, 0.29) is 55.5 Å². The third kappa shape index (κ3) is 9.24. The van der Waals surface area contributed by atoms with Gasteiger partial charge in [-0.1, -0.05) is 33.6 Å². The highest BCUT2D eigenvalue weighted by molar-refractivity contribution is 7.54. The first-order valence-corrected chi connectivity index (χ1v) is 18.2. The number of aromatic nitrogens is 4. The fourth-order valence-electron chi connectivity index (χ4n) is 5.47. The summed E-state index contributed by atoms with van der Waals surface area (Å²) in [6.45, 7) is 10.2. The quantitative estimate of drug-likeness (QED) is 0.0855. The number of alkyl halides is 1. The van der Waals surface area contributed by atoms with Crippen molar-refractivity contribution in [2.45, 2.75) is 109 Å². The maximum Gasteiger partial charge on any atom is 0.342 e. The zero-order valence-corrected chi connectivity index (χ0v) is 29.6. The molecule has 2 aromatic rings. The number of carbonyl (C=O) groups is 2. The molecule has 1 saturated carbocycles. The molecule has 2 unspecified atom stereocenters. The molecule has 3 heterocycles. The summed E-state index contributed by atoms with van der Waals surface area (Å²) in [6, 6.07) is -2.03. The molecular formula is C31H48FN8O8P. The van der Waals surface area contributed by atoms with Gasteiger partial charge in [-0.25, -0.2) is 19.5 Å². The van der Waals surface area contributed by atoms with Gasteiger partial charge in [-0.05, 0) is 51.4 Å². The van der Waals surface area contributed by atoms with Crippen molar-refractivity contribution in [2.24, 2.45) is 11.8 Å². The van der Waals surface area contributed by atoms with Crippen molar-refractivity contribution in [2.75, 3.05) is 30.9 Å². The minimum absolute atomic E-state index is 0.0433. The fourth-order valence-corrected chi connectivity index (χ4v) is 7.29. The largest absolute Gasteiger partial charge is 0.465 e. The first-order chi connectivity index (χ1) is 23.1. The van der Waals surface area contributed by atoms with Crippen molar-refractivity contribution in [3.63, 3.8) is 0 Å². The number of hydrogen-bond donors (Lipinski definition) is 5. The number of nitrogen functional groups attached to an aromatic ring is 1. The van der Waals surface area contributed by atoms with Gasteiger partial charge in [0.05, 0.1) is 26.1 Å². The molecule has 0 bridgehead atoms. The van der Waals surface area contributed by atoms with E-state index in [0.29, 0.717) is 11.3 Å². The molecule has 18 heteroatoms. The minimum atomic E-state index is -4.40. The average Bonchev–Trinajstić information content (AvgIpc) is 3.69. The Kier molecular flexibility index (Phi) is 12.6. The number of fused-ring (bicyclic) bond motifs is 1. The van der Waals surface area contributed by atoms with Gasteiger partial charge in [-0.2, -0.15) is 9.97 Å². The SMILES string of the molecule is C#C[C@@]1(F)[C@H](O)[C@@H](COP(=O)(NC(CC(C)C)C(=O)OCC)N[C@H](CC(C)C)C(=O)OCC)O[C@H]1n1cnc2c(NC3CC3)nc(N)nc21. The lowest BCUT2D eigenvalue weighted by molar-refractivity contribution is -0.146. The summed E-state index contributed by atoms with van der Waals surface area (Å²) in [5, 5.41) is 19.9. The molecule has 1 saturated heterocycles. The first kappa shape index (κ1) is 38.4. The molecule has 4 rings (SSSR count). The molecule has 7 atom stereocenters. The molecule has 272 valence electrons. The Hall–Kier alpha value is -3.39. The second kappa shape index (κ2) is 16.1. The normalized spacial score (nSPS) is 24.8. The van der Waals surface area contributed by atoms with Crippen LogP contribution in [-0.2, 0) is 32.9 Å². The lowest BCUT2D eigenvalue weighted by Gasteiger charge is -2.30. The molecule has 2 fully saturated rings. The minimum Gasteiger partial charge on any atom is -0.465 e. The summed E-state index contributed by atoms with van der Waals surface area (Å²) < 4.78 is 54.6. The Bertz CT molecular complexity index is 1530. The Morgan fingerprint density at radius 3 is 2.20 bits per heavy atom. The highest BCUT2D eigenvalue weighted by Crippen LogP contribution is 2.46. The van der Waals surface area contributed by atoms with Crippen LogP contribution in [0.1, 0.15) is 73.5 Å². The number of aliphatic hydroxyl groups excluding tert-OH is 1. The van der Waals surface area contributed by atoms with Gasteiger partial charge in [0.2, 0.25) is 11.6 Å².